The zero-order chi connectivity index (χ0) is 14.4. The van der Waals surface area contributed by atoms with Crippen molar-refractivity contribution in [2.24, 2.45) is 0 Å². The first-order valence-corrected chi connectivity index (χ1v) is 6.85. The van der Waals surface area contributed by atoms with Gasteiger partial charge in [-0.25, -0.2) is 0 Å². The molecule has 1 aromatic rings. The Hall–Kier alpha value is -1.95. The number of nitrogens with zero attached hydrogens (tertiary/aromatic N) is 2. The highest BCUT2D eigenvalue weighted by Gasteiger charge is 2.30. The summed E-state index contributed by atoms with van der Waals surface area (Å²) in [7, 11) is 0. The van der Waals surface area contributed by atoms with Crippen LogP contribution in [0.25, 0.3) is 0 Å². The largest absolute Gasteiger partial charge is 0.396 e. The number of piperidine rings is 1. The van der Waals surface area contributed by atoms with Gasteiger partial charge >= 0.3 is 11.8 Å². The van der Waals surface area contributed by atoms with Crippen molar-refractivity contribution in [3.63, 3.8) is 0 Å². The molecule has 0 radical (unpaired) electrons. The van der Waals surface area contributed by atoms with E-state index in [2.05, 4.69) is 10.3 Å². The van der Waals surface area contributed by atoms with Crippen LogP contribution in [-0.2, 0) is 9.59 Å². The molecule has 0 saturated carbocycles. The minimum absolute atomic E-state index is 0.0282. The van der Waals surface area contributed by atoms with Crippen molar-refractivity contribution in [3.8, 4) is 0 Å². The number of rotatable bonds is 3. The highest BCUT2D eigenvalue weighted by Crippen LogP contribution is 2.20. The average Bonchev–Trinajstić information content (AvgIpc) is 2.48. The van der Waals surface area contributed by atoms with Gasteiger partial charge in [0.05, 0.1) is 0 Å². The fourth-order valence-electron chi connectivity index (χ4n) is 2.47. The van der Waals surface area contributed by atoms with E-state index in [4.69, 9.17) is 5.11 Å². The number of pyridine rings is 1. The second kappa shape index (κ2) is 7.00. The summed E-state index contributed by atoms with van der Waals surface area (Å²) >= 11 is 0. The van der Waals surface area contributed by atoms with Crippen molar-refractivity contribution in [2.75, 3.05) is 18.5 Å². The zero-order valence-corrected chi connectivity index (χ0v) is 11.3. The molecule has 0 spiro atoms. The lowest BCUT2D eigenvalue weighted by molar-refractivity contribution is -0.146. The lowest BCUT2D eigenvalue weighted by Crippen LogP contribution is -2.48. The minimum atomic E-state index is -0.638. The van der Waals surface area contributed by atoms with E-state index in [0.29, 0.717) is 18.7 Å². The lowest BCUT2D eigenvalue weighted by Gasteiger charge is -2.34. The molecule has 0 bridgehead atoms. The van der Waals surface area contributed by atoms with E-state index < -0.39 is 11.8 Å². The number of likely N-dealkylation sites (tertiary alicyclic amines) is 1. The van der Waals surface area contributed by atoms with Gasteiger partial charge in [0.25, 0.3) is 0 Å². The quantitative estimate of drug-likeness (QED) is 0.800. The Kier molecular flexibility index (Phi) is 5.06. The van der Waals surface area contributed by atoms with Crippen molar-refractivity contribution in [1.82, 2.24) is 9.88 Å². The van der Waals surface area contributed by atoms with E-state index in [1.807, 2.05) is 0 Å². The first-order valence-electron chi connectivity index (χ1n) is 6.85. The van der Waals surface area contributed by atoms with Gasteiger partial charge in [-0.1, -0.05) is 0 Å². The third kappa shape index (κ3) is 3.54. The van der Waals surface area contributed by atoms with Gasteiger partial charge in [0.2, 0.25) is 0 Å². The van der Waals surface area contributed by atoms with Crippen LogP contribution in [0.4, 0.5) is 5.69 Å². The number of anilines is 1. The number of aromatic nitrogens is 1. The highest BCUT2D eigenvalue weighted by molar-refractivity contribution is 6.39. The second-order valence-corrected chi connectivity index (χ2v) is 4.85. The lowest BCUT2D eigenvalue weighted by atomic mass is 9.99. The summed E-state index contributed by atoms with van der Waals surface area (Å²) in [4.78, 5) is 29.6. The number of carbonyl (C=O) groups excluding carboxylic acids is 2. The van der Waals surface area contributed by atoms with E-state index in [1.54, 1.807) is 29.4 Å². The molecule has 20 heavy (non-hydrogen) atoms. The van der Waals surface area contributed by atoms with Gasteiger partial charge in [-0.05, 0) is 37.8 Å². The van der Waals surface area contributed by atoms with Gasteiger partial charge in [-0.2, -0.15) is 0 Å². The predicted octanol–water partition coefficient (Wildman–Crippen LogP) is 0.784. The fourth-order valence-corrected chi connectivity index (χ4v) is 2.47. The van der Waals surface area contributed by atoms with Crippen LogP contribution in [0.3, 0.4) is 0 Å². The fraction of sp³-hybridized carbons (Fsp3) is 0.500. The van der Waals surface area contributed by atoms with Gasteiger partial charge in [-0.3, -0.25) is 14.6 Å². The maximum Gasteiger partial charge on any atom is 0.313 e. The average molecular weight is 277 g/mol. The Morgan fingerprint density at radius 3 is 2.80 bits per heavy atom. The molecule has 6 heteroatoms. The van der Waals surface area contributed by atoms with E-state index >= 15 is 0 Å². The number of aliphatic hydroxyl groups excluding tert-OH is 1. The SMILES string of the molecule is O=C(Nc1ccncc1)C(=O)N1CCCCC1CCO. The molecule has 6 nitrogen and oxygen atoms in total. The molecular weight excluding hydrogens is 258 g/mol. The van der Waals surface area contributed by atoms with Gasteiger partial charge in [0.1, 0.15) is 0 Å². The van der Waals surface area contributed by atoms with Crippen molar-refractivity contribution < 1.29 is 14.7 Å². The summed E-state index contributed by atoms with van der Waals surface area (Å²) in [6, 6.07) is 3.23. The highest BCUT2D eigenvalue weighted by atomic mass is 16.3. The Labute approximate surface area is 117 Å². The smallest absolute Gasteiger partial charge is 0.313 e. The van der Waals surface area contributed by atoms with Gasteiger partial charge in [0, 0.05) is 37.3 Å². The standard InChI is InChI=1S/C14H19N3O3/c18-10-6-12-3-1-2-9-17(12)14(20)13(19)16-11-4-7-15-8-5-11/h4-5,7-8,12,18H,1-3,6,9-10H2,(H,15,16,19). The first-order chi connectivity index (χ1) is 9.72. The maximum absolute atomic E-state index is 12.2. The van der Waals surface area contributed by atoms with Crippen molar-refractivity contribution in [1.29, 1.82) is 0 Å². The van der Waals surface area contributed by atoms with Crippen LogP contribution in [0.1, 0.15) is 25.7 Å². The van der Waals surface area contributed by atoms with E-state index in [9.17, 15) is 9.59 Å². The summed E-state index contributed by atoms with van der Waals surface area (Å²) in [6.45, 7) is 0.605. The Bertz CT molecular complexity index is 462. The van der Waals surface area contributed by atoms with Crippen LogP contribution in [0, 0.1) is 0 Å². The molecule has 1 aliphatic heterocycles. The van der Waals surface area contributed by atoms with E-state index in [0.717, 1.165) is 19.3 Å². The molecule has 1 aliphatic rings. The number of nitrogens with one attached hydrogen (secondary N) is 1. The summed E-state index contributed by atoms with van der Waals surface area (Å²) in [5.74, 6) is -1.17. The normalized spacial score (nSPS) is 18.6. The van der Waals surface area contributed by atoms with E-state index in [-0.39, 0.29) is 12.6 Å². The van der Waals surface area contributed by atoms with Crippen LogP contribution < -0.4 is 5.32 Å². The van der Waals surface area contributed by atoms with Gasteiger partial charge in [-0.15, -0.1) is 0 Å². The molecule has 0 aliphatic carbocycles. The summed E-state index contributed by atoms with van der Waals surface area (Å²) in [6.07, 6.45) is 6.39. The van der Waals surface area contributed by atoms with Crippen LogP contribution >= 0.6 is 0 Å². The second-order valence-electron chi connectivity index (χ2n) is 4.85. The molecule has 2 amide bonds. The predicted molar refractivity (Wildman–Crippen MR) is 73.9 cm³/mol. The molecule has 1 aromatic heterocycles. The molecule has 1 atom stereocenters. The Balaban J connectivity index is 1.99. The monoisotopic (exact) mass is 277 g/mol. The number of amides is 2. The van der Waals surface area contributed by atoms with Gasteiger partial charge < -0.3 is 15.3 Å². The molecule has 0 aromatic carbocycles. The van der Waals surface area contributed by atoms with Gasteiger partial charge in [0.15, 0.2) is 0 Å². The molecule has 1 fully saturated rings. The summed E-state index contributed by atoms with van der Waals surface area (Å²) in [5, 5.41) is 11.6. The van der Waals surface area contributed by atoms with E-state index in [1.165, 1.54) is 0 Å². The van der Waals surface area contributed by atoms with Crippen molar-refractivity contribution in [2.45, 2.75) is 31.7 Å². The third-order valence-corrected chi connectivity index (χ3v) is 3.48. The van der Waals surface area contributed by atoms with Crippen LogP contribution in [-0.4, -0.2) is 46.0 Å². The molecule has 108 valence electrons. The van der Waals surface area contributed by atoms with Crippen LogP contribution in [0.15, 0.2) is 24.5 Å². The Morgan fingerprint density at radius 1 is 1.35 bits per heavy atom. The summed E-state index contributed by atoms with van der Waals surface area (Å²) < 4.78 is 0. The zero-order valence-electron chi connectivity index (χ0n) is 11.3. The number of hydrogen-bond acceptors (Lipinski definition) is 4. The van der Waals surface area contributed by atoms with Crippen LogP contribution in [0.5, 0.6) is 0 Å². The topological polar surface area (TPSA) is 82.5 Å². The summed E-state index contributed by atoms with van der Waals surface area (Å²) in [5.41, 5.74) is 0.550. The first kappa shape index (κ1) is 14.5. The van der Waals surface area contributed by atoms with Crippen molar-refractivity contribution in [3.05, 3.63) is 24.5 Å². The number of carbonyl (C=O) groups is 2. The molecular formula is C14H19N3O3. The molecule has 2 rings (SSSR count). The number of aliphatic hydroxyl groups is 1. The third-order valence-electron chi connectivity index (χ3n) is 3.48. The maximum atomic E-state index is 12.2. The molecule has 2 heterocycles. The van der Waals surface area contributed by atoms with Crippen LogP contribution in [0.2, 0.25) is 0 Å². The van der Waals surface area contributed by atoms with Crippen molar-refractivity contribution >= 4 is 17.5 Å². The number of hydrogen-bond donors (Lipinski definition) is 2. The molecule has 2 N–H and O–H groups in total. The molecule has 1 unspecified atom stereocenters. The molecule has 1 saturated heterocycles. The minimum Gasteiger partial charge on any atom is -0.396 e. The Morgan fingerprint density at radius 2 is 2.10 bits per heavy atom.